The lowest BCUT2D eigenvalue weighted by Gasteiger charge is -2.39. The zero-order valence-corrected chi connectivity index (χ0v) is 14.0. The Morgan fingerprint density at radius 1 is 1.24 bits per heavy atom. The molecule has 1 heterocycles. The van der Waals surface area contributed by atoms with Crippen LogP contribution in [0.1, 0.15) is 59.3 Å². The maximum Gasteiger partial charge on any atom is 0.327 e. The van der Waals surface area contributed by atoms with E-state index in [0.29, 0.717) is 18.6 Å². The standard InChI is InChI=1S/C17H32N2O2/c1-4-18-17(15-10-11-15,16(20)21-5-2)13-19-12-8-6-7-9-14(19)3/h14-15,18H,4-13H2,1-3H3. The summed E-state index contributed by atoms with van der Waals surface area (Å²) in [7, 11) is 0. The average molecular weight is 296 g/mol. The van der Waals surface area contributed by atoms with E-state index in [1.54, 1.807) is 0 Å². The number of nitrogens with zero attached hydrogens (tertiary/aromatic N) is 1. The van der Waals surface area contributed by atoms with Crippen molar-refractivity contribution in [2.45, 2.75) is 70.9 Å². The van der Waals surface area contributed by atoms with Crippen LogP contribution in [0.2, 0.25) is 0 Å². The van der Waals surface area contributed by atoms with Gasteiger partial charge in [0.25, 0.3) is 0 Å². The minimum absolute atomic E-state index is 0.0363. The van der Waals surface area contributed by atoms with Gasteiger partial charge in [0.1, 0.15) is 5.54 Å². The lowest BCUT2D eigenvalue weighted by Crippen LogP contribution is -2.62. The second-order valence-electron chi connectivity index (χ2n) is 6.67. The molecule has 1 aliphatic carbocycles. The summed E-state index contributed by atoms with van der Waals surface area (Å²) < 4.78 is 5.44. The van der Waals surface area contributed by atoms with E-state index in [9.17, 15) is 4.79 Å². The van der Waals surface area contributed by atoms with Crippen molar-refractivity contribution in [3.8, 4) is 0 Å². The maximum atomic E-state index is 12.7. The SMILES string of the molecule is CCNC(CN1CCCCCC1C)(C(=O)OCC)C1CC1. The number of hydrogen-bond donors (Lipinski definition) is 1. The van der Waals surface area contributed by atoms with Gasteiger partial charge in [-0.05, 0) is 58.5 Å². The molecule has 4 nitrogen and oxygen atoms in total. The Balaban J connectivity index is 2.15. The van der Waals surface area contributed by atoms with Crippen molar-refractivity contribution in [2.24, 2.45) is 5.92 Å². The number of carbonyl (C=O) groups is 1. The number of hydrogen-bond acceptors (Lipinski definition) is 4. The van der Waals surface area contributed by atoms with Crippen LogP contribution in [0.15, 0.2) is 0 Å². The number of ether oxygens (including phenoxy) is 1. The first kappa shape index (κ1) is 16.8. The molecular weight excluding hydrogens is 264 g/mol. The van der Waals surface area contributed by atoms with Gasteiger partial charge in [-0.1, -0.05) is 19.8 Å². The second kappa shape index (κ2) is 7.59. The minimum Gasteiger partial charge on any atom is -0.465 e. The molecular formula is C17H32N2O2. The van der Waals surface area contributed by atoms with Gasteiger partial charge < -0.3 is 10.1 Å². The van der Waals surface area contributed by atoms with E-state index in [4.69, 9.17) is 4.74 Å². The predicted octanol–water partition coefficient (Wildman–Crippen LogP) is 2.57. The maximum absolute atomic E-state index is 12.7. The van der Waals surface area contributed by atoms with Gasteiger partial charge in [0.15, 0.2) is 0 Å². The number of esters is 1. The second-order valence-corrected chi connectivity index (χ2v) is 6.67. The number of nitrogens with one attached hydrogen (secondary N) is 1. The fourth-order valence-electron chi connectivity index (χ4n) is 3.67. The molecule has 1 saturated carbocycles. The molecule has 2 aliphatic rings. The lowest BCUT2D eigenvalue weighted by atomic mass is 9.91. The van der Waals surface area contributed by atoms with Crippen molar-refractivity contribution in [3.63, 3.8) is 0 Å². The van der Waals surface area contributed by atoms with Gasteiger partial charge in [-0.25, -0.2) is 4.79 Å². The summed E-state index contributed by atoms with van der Waals surface area (Å²) in [6.07, 6.45) is 7.42. The summed E-state index contributed by atoms with van der Waals surface area (Å²) in [6.45, 7) is 9.50. The van der Waals surface area contributed by atoms with Crippen molar-refractivity contribution in [3.05, 3.63) is 0 Å². The van der Waals surface area contributed by atoms with Gasteiger partial charge in [-0.2, -0.15) is 0 Å². The summed E-state index contributed by atoms with van der Waals surface area (Å²) in [5, 5.41) is 3.51. The van der Waals surface area contributed by atoms with Crippen molar-refractivity contribution in [1.29, 1.82) is 0 Å². The van der Waals surface area contributed by atoms with Crippen LogP contribution in [0.25, 0.3) is 0 Å². The molecule has 0 bridgehead atoms. The Bertz CT molecular complexity index is 344. The molecule has 122 valence electrons. The van der Waals surface area contributed by atoms with Crippen LogP contribution in [-0.4, -0.2) is 48.7 Å². The Hall–Kier alpha value is -0.610. The molecule has 0 aromatic rings. The fraction of sp³-hybridized carbons (Fsp3) is 0.941. The number of rotatable bonds is 7. The molecule has 2 atom stereocenters. The van der Waals surface area contributed by atoms with E-state index in [-0.39, 0.29) is 5.97 Å². The molecule has 2 fully saturated rings. The molecule has 2 rings (SSSR count). The van der Waals surface area contributed by atoms with Gasteiger partial charge >= 0.3 is 5.97 Å². The van der Waals surface area contributed by atoms with Crippen LogP contribution < -0.4 is 5.32 Å². The van der Waals surface area contributed by atoms with Crippen LogP contribution in [0, 0.1) is 5.92 Å². The molecule has 0 aromatic carbocycles. The first-order valence-electron chi connectivity index (χ1n) is 8.80. The van der Waals surface area contributed by atoms with Crippen molar-refractivity contribution >= 4 is 5.97 Å². The van der Waals surface area contributed by atoms with Crippen molar-refractivity contribution < 1.29 is 9.53 Å². The smallest absolute Gasteiger partial charge is 0.327 e. The van der Waals surface area contributed by atoms with Crippen molar-refractivity contribution in [2.75, 3.05) is 26.2 Å². The molecule has 0 aromatic heterocycles. The van der Waals surface area contributed by atoms with E-state index < -0.39 is 5.54 Å². The lowest BCUT2D eigenvalue weighted by molar-refractivity contribution is -0.153. The van der Waals surface area contributed by atoms with Crippen LogP contribution in [0.3, 0.4) is 0 Å². The molecule has 0 radical (unpaired) electrons. The largest absolute Gasteiger partial charge is 0.465 e. The molecule has 1 N–H and O–H groups in total. The summed E-state index contributed by atoms with van der Waals surface area (Å²) in [5.74, 6) is 0.415. The normalized spacial score (nSPS) is 26.9. The van der Waals surface area contributed by atoms with E-state index in [1.165, 1.54) is 25.7 Å². The predicted molar refractivity (Wildman–Crippen MR) is 85.3 cm³/mol. The Kier molecular flexibility index (Phi) is 6.06. The molecule has 1 aliphatic heterocycles. The average Bonchev–Trinajstić information content (AvgIpc) is 3.29. The molecule has 0 spiro atoms. The molecule has 0 amide bonds. The molecule has 2 unspecified atom stereocenters. The third-order valence-corrected chi connectivity index (χ3v) is 5.05. The van der Waals surface area contributed by atoms with Crippen LogP contribution >= 0.6 is 0 Å². The van der Waals surface area contributed by atoms with E-state index >= 15 is 0 Å². The van der Waals surface area contributed by atoms with Crippen LogP contribution in [0.4, 0.5) is 0 Å². The summed E-state index contributed by atoms with van der Waals surface area (Å²) in [6, 6.07) is 0.568. The summed E-state index contributed by atoms with van der Waals surface area (Å²) in [4.78, 5) is 15.2. The highest BCUT2D eigenvalue weighted by atomic mass is 16.5. The summed E-state index contributed by atoms with van der Waals surface area (Å²) in [5.41, 5.74) is -0.483. The molecule has 4 heteroatoms. The third kappa shape index (κ3) is 3.98. The highest BCUT2D eigenvalue weighted by Crippen LogP contribution is 2.41. The van der Waals surface area contributed by atoms with Gasteiger partial charge in [-0.3, -0.25) is 4.90 Å². The Morgan fingerprint density at radius 2 is 2.00 bits per heavy atom. The number of likely N-dealkylation sites (tertiary alicyclic amines) is 1. The van der Waals surface area contributed by atoms with Crippen molar-refractivity contribution in [1.82, 2.24) is 10.2 Å². The van der Waals surface area contributed by atoms with E-state index in [2.05, 4.69) is 24.1 Å². The van der Waals surface area contributed by atoms with Crippen LogP contribution in [-0.2, 0) is 9.53 Å². The Morgan fingerprint density at radius 3 is 2.62 bits per heavy atom. The first-order chi connectivity index (χ1) is 10.1. The minimum atomic E-state index is -0.483. The fourth-order valence-corrected chi connectivity index (χ4v) is 3.67. The van der Waals surface area contributed by atoms with Gasteiger partial charge in [0, 0.05) is 12.6 Å². The summed E-state index contributed by atoms with van der Waals surface area (Å²) >= 11 is 0. The quantitative estimate of drug-likeness (QED) is 0.733. The highest BCUT2D eigenvalue weighted by molar-refractivity contribution is 5.82. The van der Waals surface area contributed by atoms with Crippen LogP contribution in [0.5, 0.6) is 0 Å². The van der Waals surface area contributed by atoms with Gasteiger partial charge in [0.05, 0.1) is 6.61 Å². The highest BCUT2D eigenvalue weighted by Gasteiger charge is 2.52. The monoisotopic (exact) mass is 296 g/mol. The number of likely N-dealkylation sites (N-methyl/N-ethyl adjacent to an activating group) is 1. The topological polar surface area (TPSA) is 41.6 Å². The molecule has 21 heavy (non-hydrogen) atoms. The zero-order chi connectivity index (χ0) is 15.3. The third-order valence-electron chi connectivity index (χ3n) is 5.05. The zero-order valence-electron chi connectivity index (χ0n) is 14.0. The molecule has 1 saturated heterocycles. The van der Waals surface area contributed by atoms with Gasteiger partial charge in [-0.15, -0.1) is 0 Å². The van der Waals surface area contributed by atoms with E-state index in [1.807, 2.05) is 6.92 Å². The van der Waals surface area contributed by atoms with E-state index in [0.717, 1.165) is 32.5 Å². The first-order valence-corrected chi connectivity index (χ1v) is 8.80. The number of carbonyl (C=O) groups excluding carboxylic acids is 1. The Labute approximate surface area is 129 Å². The van der Waals surface area contributed by atoms with Gasteiger partial charge in [0.2, 0.25) is 0 Å².